The number of unbranched alkanes of at least 4 members (excludes halogenated alkanes) is 8. The Morgan fingerprint density at radius 3 is 2.20 bits per heavy atom. The molecule has 0 amide bonds. The standard InChI is InChI=1S/C23H37N2/c1-3-5-6-7-8-9-10-11-12-15-22-16-13-14-17-23(22)25-20-19-24(21-25)18-4-2/h13-14,16-17,19-21H,3-12,15,18H2,1-2H3/q+1. The minimum atomic E-state index is 1.09. The van der Waals surface area contributed by atoms with E-state index in [9.17, 15) is 0 Å². The predicted molar refractivity (Wildman–Crippen MR) is 107 cm³/mol. The number of nitrogens with zero attached hydrogens (tertiary/aromatic N) is 2. The van der Waals surface area contributed by atoms with E-state index < -0.39 is 0 Å². The Labute approximate surface area is 154 Å². The summed E-state index contributed by atoms with van der Waals surface area (Å²) in [5, 5.41) is 0. The first-order valence-corrected chi connectivity index (χ1v) is 10.5. The zero-order chi connectivity index (χ0) is 17.7. The number of hydrogen-bond donors (Lipinski definition) is 0. The summed E-state index contributed by atoms with van der Waals surface area (Å²) >= 11 is 0. The minimum absolute atomic E-state index is 1.09. The summed E-state index contributed by atoms with van der Waals surface area (Å²) in [7, 11) is 0. The maximum Gasteiger partial charge on any atom is 0.248 e. The van der Waals surface area contributed by atoms with E-state index in [0.29, 0.717) is 0 Å². The molecule has 0 aliphatic rings. The minimum Gasteiger partial charge on any atom is -0.236 e. The Morgan fingerprint density at radius 1 is 0.800 bits per heavy atom. The topological polar surface area (TPSA) is 8.81 Å². The maximum absolute atomic E-state index is 2.30. The smallest absolute Gasteiger partial charge is 0.236 e. The molecule has 2 heteroatoms. The molecule has 1 aromatic heterocycles. The van der Waals surface area contributed by atoms with Crippen molar-refractivity contribution in [2.45, 2.75) is 91.0 Å². The van der Waals surface area contributed by atoms with Crippen molar-refractivity contribution in [1.82, 2.24) is 4.57 Å². The van der Waals surface area contributed by atoms with E-state index in [4.69, 9.17) is 0 Å². The fraction of sp³-hybridized carbons (Fsp3) is 0.609. The van der Waals surface area contributed by atoms with E-state index in [0.717, 1.165) is 6.54 Å². The van der Waals surface area contributed by atoms with Gasteiger partial charge in [-0.3, -0.25) is 0 Å². The molecule has 0 saturated heterocycles. The average molecular weight is 342 g/mol. The first kappa shape index (κ1) is 19.8. The van der Waals surface area contributed by atoms with Gasteiger partial charge in [0.2, 0.25) is 6.33 Å². The van der Waals surface area contributed by atoms with Crippen molar-refractivity contribution in [3.8, 4) is 5.69 Å². The number of benzene rings is 1. The number of hydrogen-bond acceptors (Lipinski definition) is 0. The Hall–Kier alpha value is -1.57. The second-order valence-corrected chi connectivity index (χ2v) is 7.27. The van der Waals surface area contributed by atoms with E-state index in [1.54, 1.807) is 0 Å². The molecule has 0 saturated carbocycles. The van der Waals surface area contributed by atoms with E-state index in [2.05, 4.69) is 66.0 Å². The van der Waals surface area contributed by atoms with Gasteiger partial charge in [-0.2, -0.15) is 0 Å². The molecule has 0 radical (unpaired) electrons. The molecule has 0 bridgehead atoms. The molecule has 0 aliphatic heterocycles. The van der Waals surface area contributed by atoms with Crippen LogP contribution >= 0.6 is 0 Å². The maximum atomic E-state index is 2.30. The lowest BCUT2D eigenvalue weighted by atomic mass is 10.0. The van der Waals surface area contributed by atoms with Gasteiger partial charge < -0.3 is 0 Å². The lowest BCUT2D eigenvalue weighted by molar-refractivity contribution is -0.696. The van der Waals surface area contributed by atoms with Crippen molar-refractivity contribution >= 4 is 0 Å². The van der Waals surface area contributed by atoms with Crippen LogP contribution in [0.25, 0.3) is 5.69 Å². The van der Waals surface area contributed by atoms with Crippen molar-refractivity contribution in [2.75, 3.05) is 0 Å². The van der Waals surface area contributed by atoms with Gasteiger partial charge in [-0.15, -0.1) is 0 Å². The van der Waals surface area contributed by atoms with Crippen molar-refractivity contribution in [2.24, 2.45) is 0 Å². The number of aryl methyl sites for hydroxylation is 2. The third-order valence-electron chi connectivity index (χ3n) is 4.99. The molecule has 1 aromatic carbocycles. The van der Waals surface area contributed by atoms with Crippen LogP contribution in [-0.4, -0.2) is 4.57 Å². The van der Waals surface area contributed by atoms with E-state index in [1.807, 2.05) is 0 Å². The van der Waals surface area contributed by atoms with Crippen LogP contribution in [0.5, 0.6) is 0 Å². The zero-order valence-electron chi connectivity index (χ0n) is 16.4. The summed E-state index contributed by atoms with van der Waals surface area (Å²) in [6.07, 6.45) is 21.5. The fourth-order valence-corrected chi connectivity index (χ4v) is 3.53. The quantitative estimate of drug-likeness (QED) is 0.301. The van der Waals surface area contributed by atoms with Crippen LogP contribution < -0.4 is 4.57 Å². The van der Waals surface area contributed by atoms with Crippen LogP contribution in [0.2, 0.25) is 0 Å². The van der Waals surface area contributed by atoms with Crippen LogP contribution in [0.3, 0.4) is 0 Å². The molecule has 2 nitrogen and oxygen atoms in total. The van der Waals surface area contributed by atoms with Gasteiger partial charge >= 0.3 is 0 Å². The fourth-order valence-electron chi connectivity index (χ4n) is 3.53. The number of imidazole rings is 1. The monoisotopic (exact) mass is 341 g/mol. The Morgan fingerprint density at radius 2 is 1.48 bits per heavy atom. The van der Waals surface area contributed by atoms with Crippen LogP contribution in [0, 0.1) is 0 Å². The number of para-hydroxylation sites is 1. The Balaban J connectivity index is 1.75. The largest absolute Gasteiger partial charge is 0.248 e. The number of rotatable bonds is 13. The molecular weight excluding hydrogens is 304 g/mol. The second-order valence-electron chi connectivity index (χ2n) is 7.27. The third-order valence-corrected chi connectivity index (χ3v) is 4.99. The molecule has 0 spiro atoms. The molecule has 25 heavy (non-hydrogen) atoms. The van der Waals surface area contributed by atoms with Crippen molar-refractivity contribution in [3.05, 3.63) is 48.5 Å². The summed E-state index contributed by atoms with van der Waals surface area (Å²) in [6, 6.07) is 8.87. The summed E-state index contributed by atoms with van der Waals surface area (Å²) in [5.41, 5.74) is 2.82. The van der Waals surface area contributed by atoms with Gasteiger partial charge in [-0.1, -0.05) is 83.4 Å². The van der Waals surface area contributed by atoms with Crippen molar-refractivity contribution in [1.29, 1.82) is 0 Å². The van der Waals surface area contributed by atoms with Gasteiger partial charge in [-0.25, -0.2) is 9.13 Å². The van der Waals surface area contributed by atoms with Crippen LogP contribution in [0.15, 0.2) is 43.0 Å². The SMILES string of the molecule is CCCCCCCCCCCc1ccccc1-n1cc[n+](CCC)c1. The molecule has 0 atom stereocenters. The third kappa shape index (κ3) is 7.05. The summed E-state index contributed by atoms with van der Waals surface area (Å²) in [6.45, 7) is 5.60. The first-order valence-electron chi connectivity index (χ1n) is 10.5. The molecule has 0 aliphatic carbocycles. The van der Waals surface area contributed by atoms with Crippen LogP contribution in [-0.2, 0) is 13.0 Å². The molecule has 1 heterocycles. The summed E-state index contributed by atoms with van der Waals surface area (Å²) in [4.78, 5) is 0. The highest BCUT2D eigenvalue weighted by Crippen LogP contribution is 2.18. The van der Waals surface area contributed by atoms with Crippen molar-refractivity contribution in [3.63, 3.8) is 0 Å². The van der Waals surface area contributed by atoms with Gasteiger partial charge in [0.05, 0.1) is 6.54 Å². The van der Waals surface area contributed by atoms with Crippen molar-refractivity contribution < 1.29 is 4.57 Å². The Bertz CT molecular complexity index is 585. The molecule has 0 unspecified atom stereocenters. The van der Waals surface area contributed by atoms with Gasteiger partial charge in [-0.05, 0) is 30.9 Å². The summed E-state index contributed by atoms with van der Waals surface area (Å²) < 4.78 is 4.55. The Kier molecular flexibility index (Phi) is 9.40. The van der Waals surface area contributed by atoms with Gasteiger partial charge in [0.1, 0.15) is 18.1 Å². The van der Waals surface area contributed by atoms with E-state index >= 15 is 0 Å². The molecule has 138 valence electrons. The normalized spacial score (nSPS) is 11.1. The second kappa shape index (κ2) is 11.9. The highest BCUT2D eigenvalue weighted by Gasteiger charge is 2.10. The molecule has 2 aromatic rings. The molecule has 0 N–H and O–H groups in total. The highest BCUT2D eigenvalue weighted by atomic mass is 15.1. The molecule has 0 fully saturated rings. The van der Waals surface area contributed by atoms with Gasteiger partial charge in [0.15, 0.2) is 0 Å². The first-order chi connectivity index (χ1) is 12.3. The summed E-state index contributed by atoms with van der Waals surface area (Å²) in [5.74, 6) is 0. The predicted octanol–water partition coefficient (Wildman–Crippen LogP) is 6.25. The number of aromatic nitrogens is 2. The van der Waals surface area contributed by atoms with E-state index in [1.165, 1.54) is 81.9 Å². The highest BCUT2D eigenvalue weighted by molar-refractivity contribution is 5.40. The molecule has 2 rings (SSSR count). The zero-order valence-corrected chi connectivity index (χ0v) is 16.4. The van der Waals surface area contributed by atoms with Gasteiger partial charge in [0.25, 0.3) is 0 Å². The average Bonchev–Trinajstić information content (AvgIpc) is 3.09. The molecular formula is C23H37N2+. The lowest BCUT2D eigenvalue weighted by Gasteiger charge is -2.06. The lowest BCUT2D eigenvalue weighted by Crippen LogP contribution is -2.30. The van der Waals surface area contributed by atoms with Gasteiger partial charge in [0, 0.05) is 0 Å². The van der Waals surface area contributed by atoms with Crippen LogP contribution in [0.1, 0.15) is 83.6 Å². The van der Waals surface area contributed by atoms with Crippen LogP contribution in [0.4, 0.5) is 0 Å². The van der Waals surface area contributed by atoms with E-state index in [-0.39, 0.29) is 0 Å².